The summed E-state index contributed by atoms with van der Waals surface area (Å²) in [4.78, 5) is 25.9. The van der Waals surface area contributed by atoms with Crippen molar-refractivity contribution in [1.82, 2.24) is 10.2 Å². The lowest BCUT2D eigenvalue weighted by Crippen LogP contribution is -2.50. The SMILES string of the molecule is CC1(C)C(C(=O)N(CC(N)=O)C2CCNCC2)C1(C)C. The molecule has 2 fully saturated rings. The quantitative estimate of drug-likeness (QED) is 0.798. The molecular weight excluding hydrogens is 254 g/mol. The summed E-state index contributed by atoms with van der Waals surface area (Å²) in [5.41, 5.74) is 5.33. The van der Waals surface area contributed by atoms with Crippen LogP contribution in [0.4, 0.5) is 0 Å². The van der Waals surface area contributed by atoms with Crippen LogP contribution in [0.15, 0.2) is 0 Å². The van der Waals surface area contributed by atoms with Crippen molar-refractivity contribution in [3.8, 4) is 0 Å². The molecule has 114 valence electrons. The number of nitrogens with two attached hydrogens (primary N) is 1. The highest BCUT2D eigenvalue weighted by Gasteiger charge is 2.69. The van der Waals surface area contributed by atoms with E-state index in [-0.39, 0.29) is 35.2 Å². The van der Waals surface area contributed by atoms with Crippen LogP contribution >= 0.6 is 0 Å². The zero-order valence-corrected chi connectivity index (χ0v) is 13.0. The first kappa shape index (κ1) is 15.3. The molecule has 2 rings (SSSR count). The van der Waals surface area contributed by atoms with Crippen LogP contribution in [0.25, 0.3) is 0 Å². The summed E-state index contributed by atoms with van der Waals surface area (Å²) >= 11 is 0. The molecule has 3 N–H and O–H groups in total. The maximum absolute atomic E-state index is 12.9. The van der Waals surface area contributed by atoms with Crippen LogP contribution in [0.5, 0.6) is 0 Å². The zero-order valence-electron chi connectivity index (χ0n) is 13.0. The van der Waals surface area contributed by atoms with E-state index in [0.29, 0.717) is 0 Å². The van der Waals surface area contributed by atoms with E-state index in [9.17, 15) is 9.59 Å². The molecule has 0 bridgehead atoms. The molecule has 0 unspecified atom stereocenters. The molecule has 2 amide bonds. The number of piperidine rings is 1. The second kappa shape index (κ2) is 5.02. The number of amides is 2. The third kappa shape index (κ3) is 2.43. The molecular formula is C15H27N3O2. The van der Waals surface area contributed by atoms with Crippen LogP contribution in [0.3, 0.4) is 0 Å². The predicted octanol–water partition coefficient (Wildman–Crippen LogP) is 0.735. The molecule has 0 radical (unpaired) electrons. The third-order valence-corrected chi connectivity index (χ3v) is 5.63. The Morgan fingerprint density at radius 2 is 1.65 bits per heavy atom. The van der Waals surface area contributed by atoms with Gasteiger partial charge in [0.2, 0.25) is 11.8 Å². The number of carbonyl (C=O) groups excluding carboxylic acids is 2. The molecule has 0 aromatic rings. The fourth-order valence-electron chi connectivity index (χ4n) is 3.65. The minimum Gasteiger partial charge on any atom is -0.368 e. The van der Waals surface area contributed by atoms with Crippen LogP contribution in [0.2, 0.25) is 0 Å². The molecule has 2 aliphatic rings. The molecule has 0 aromatic carbocycles. The minimum atomic E-state index is -0.423. The highest BCUT2D eigenvalue weighted by Crippen LogP contribution is 2.68. The number of nitrogens with zero attached hydrogens (tertiary/aromatic N) is 1. The lowest BCUT2D eigenvalue weighted by atomic mass is 10.0. The first-order chi connectivity index (χ1) is 9.19. The first-order valence-corrected chi connectivity index (χ1v) is 7.49. The largest absolute Gasteiger partial charge is 0.368 e. The Morgan fingerprint density at radius 3 is 2.05 bits per heavy atom. The van der Waals surface area contributed by atoms with Gasteiger partial charge < -0.3 is 16.0 Å². The van der Waals surface area contributed by atoms with E-state index >= 15 is 0 Å². The summed E-state index contributed by atoms with van der Waals surface area (Å²) < 4.78 is 0. The summed E-state index contributed by atoms with van der Waals surface area (Å²) in [7, 11) is 0. The molecule has 1 aliphatic carbocycles. The van der Waals surface area contributed by atoms with Gasteiger partial charge in [0, 0.05) is 12.0 Å². The smallest absolute Gasteiger partial charge is 0.237 e. The highest BCUT2D eigenvalue weighted by atomic mass is 16.2. The molecule has 1 saturated carbocycles. The van der Waals surface area contributed by atoms with Crippen LogP contribution in [0.1, 0.15) is 40.5 Å². The van der Waals surface area contributed by atoms with Gasteiger partial charge >= 0.3 is 0 Å². The van der Waals surface area contributed by atoms with Gasteiger partial charge in [0.25, 0.3) is 0 Å². The summed E-state index contributed by atoms with van der Waals surface area (Å²) in [5.74, 6) is -0.330. The minimum absolute atomic E-state index is 0.00705. The maximum Gasteiger partial charge on any atom is 0.237 e. The van der Waals surface area contributed by atoms with Crippen LogP contribution < -0.4 is 11.1 Å². The Bertz CT molecular complexity index is 397. The van der Waals surface area contributed by atoms with Gasteiger partial charge in [-0.3, -0.25) is 9.59 Å². The third-order valence-electron chi connectivity index (χ3n) is 5.63. The Labute approximate surface area is 121 Å². The number of carbonyl (C=O) groups is 2. The maximum atomic E-state index is 12.9. The number of nitrogens with one attached hydrogen (secondary N) is 1. The molecule has 0 atom stereocenters. The normalized spacial score (nSPS) is 25.2. The van der Waals surface area contributed by atoms with Crippen molar-refractivity contribution in [3.05, 3.63) is 0 Å². The summed E-state index contributed by atoms with van der Waals surface area (Å²) in [6, 6.07) is 0.142. The van der Waals surface area contributed by atoms with E-state index in [4.69, 9.17) is 5.73 Å². The predicted molar refractivity (Wildman–Crippen MR) is 77.9 cm³/mol. The Hall–Kier alpha value is -1.10. The Morgan fingerprint density at radius 1 is 1.15 bits per heavy atom. The zero-order chi connectivity index (χ0) is 15.1. The standard InChI is InChI=1S/C15H27N3O2/c1-14(2)12(15(14,3)4)13(20)18(9-11(16)19)10-5-7-17-8-6-10/h10,12,17H,5-9H2,1-4H3,(H2,16,19). The second-order valence-electron chi connectivity index (χ2n) is 7.29. The molecule has 1 aliphatic heterocycles. The highest BCUT2D eigenvalue weighted by molar-refractivity contribution is 5.88. The van der Waals surface area contributed by atoms with E-state index in [1.807, 2.05) is 0 Å². The van der Waals surface area contributed by atoms with Crippen LogP contribution in [0, 0.1) is 16.7 Å². The fraction of sp³-hybridized carbons (Fsp3) is 0.867. The van der Waals surface area contributed by atoms with E-state index in [0.717, 1.165) is 25.9 Å². The van der Waals surface area contributed by atoms with Crippen molar-refractivity contribution < 1.29 is 9.59 Å². The van der Waals surface area contributed by atoms with Crippen molar-refractivity contribution in [3.63, 3.8) is 0 Å². The van der Waals surface area contributed by atoms with Gasteiger partial charge in [-0.25, -0.2) is 0 Å². The van der Waals surface area contributed by atoms with Gasteiger partial charge in [-0.2, -0.15) is 0 Å². The summed E-state index contributed by atoms with van der Waals surface area (Å²) in [6.07, 6.45) is 1.79. The van der Waals surface area contributed by atoms with Crippen molar-refractivity contribution in [2.75, 3.05) is 19.6 Å². The lowest BCUT2D eigenvalue weighted by molar-refractivity contribution is -0.140. The van der Waals surface area contributed by atoms with Gasteiger partial charge in [0.15, 0.2) is 0 Å². The van der Waals surface area contributed by atoms with Crippen molar-refractivity contribution >= 4 is 11.8 Å². The molecule has 0 aromatic heterocycles. The monoisotopic (exact) mass is 281 g/mol. The van der Waals surface area contributed by atoms with Crippen molar-refractivity contribution in [2.24, 2.45) is 22.5 Å². The van der Waals surface area contributed by atoms with E-state index < -0.39 is 5.91 Å². The van der Waals surface area contributed by atoms with E-state index in [1.54, 1.807) is 4.90 Å². The molecule has 1 saturated heterocycles. The molecule has 20 heavy (non-hydrogen) atoms. The van der Waals surface area contributed by atoms with Crippen LogP contribution in [-0.4, -0.2) is 42.4 Å². The van der Waals surface area contributed by atoms with Gasteiger partial charge in [-0.1, -0.05) is 27.7 Å². The van der Waals surface area contributed by atoms with E-state index in [2.05, 4.69) is 33.0 Å². The molecule has 5 nitrogen and oxygen atoms in total. The number of hydrogen-bond donors (Lipinski definition) is 2. The average molecular weight is 281 g/mol. The Kier molecular flexibility index (Phi) is 3.84. The topological polar surface area (TPSA) is 75.4 Å². The van der Waals surface area contributed by atoms with Gasteiger partial charge in [-0.15, -0.1) is 0 Å². The first-order valence-electron chi connectivity index (χ1n) is 7.49. The van der Waals surface area contributed by atoms with Crippen molar-refractivity contribution in [1.29, 1.82) is 0 Å². The van der Waals surface area contributed by atoms with Gasteiger partial charge in [0.1, 0.15) is 0 Å². The number of rotatable bonds is 4. The van der Waals surface area contributed by atoms with Gasteiger partial charge in [0.05, 0.1) is 6.54 Å². The van der Waals surface area contributed by atoms with Crippen molar-refractivity contribution in [2.45, 2.75) is 46.6 Å². The van der Waals surface area contributed by atoms with Gasteiger partial charge in [-0.05, 0) is 36.8 Å². The number of primary amides is 1. The molecule has 0 spiro atoms. The second-order valence-corrected chi connectivity index (χ2v) is 7.29. The number of hydrogen-bond acceptors (Lipinski definition) is 3. The average Bonchev–Trinajstić information content (AvgIpc) is 2.77. The summed E-state index contributed by atoms with van der Waals surface area (Å²) in [5, 5.41) is 3.29. The van der Waals surface area contributed by atoms with Crippen LogP contribution in [-0.2, 0) is 9.59 Å². The molecule has 1 heterocycles. The Balaban J connectivity index is 2.15. The van der Waals surface area contributed by atoms with E-state index in [1.165, 1.54) is 0 Å². The molecule has 5 heteroatoms. The fourth-order valence-corrected chi connectivity index (χ4v) is 3.65. The lowest BCUT2D eigenvalue weighted by Gasteiger charge is -2.34. The summed E-state index contributed by atoms with van der Waals surface area (Å²) in [6.45, 7) is 10.3.